The molecule has 0 atom stereocenters. The summed E-state index contributed by atoms with van der Waals surface area (Å²) in [6, 6.07) is 19.2. The van der Waals surface area contributed by atoms with E-state index in [4.69, 9.17) is 9.47 Å². The Bertz CT molecular complexity index is 1390. The summed E-state index contributed by atoms with van der Waals surface area (Å²) in [7, 11) is 0. The van der Waals surface area contributed by atoms with Crippen molar-refractivity contribution < 1.29 is 14.3 Å². The van der Waals surface area contributed by atoms with Crippen molar-refractivity contribution in [3.8, 4) is 17.6 Å². The highest BCUT2D eigenvalue weighted by molar-refractivity contribution is 5.92. The minimum atomic E-state index is -0.532. The van der Waals surface area contributed by atoms with Crippen molar-refractivity contribution in [3.63, 3.8) is 0 Å². The Balaban J connectivity index is 1.52. The minimum Gasteiger partial charge on any atom is -0.457 e. The average Bonchev–Trinajstić information content (AvgIpc) is 3.23. The SMILES string of the molecule is CCN(CC)CCOC(=O)Nc1cn2ncc(C#N)c(Nc3ccc(Oc4ccccc4)cc3)c2c1C. The smallest absolute Gasteiger partial charge is 0.411 e. The van der Waals surface area contributed by atoms with E-state index in [-0.39, 0.29) is 0 Å². The highest BCUT2D eigenvalue weighted by Crippen LogP contribution is 2.33. The van der Waals surface area contributed by atoms with Crippen molar-refractivity contribution in [3.05, 3.63) is 78.1 Å². The first-order valence-electron chi connectivity index (χ1n) is 12.2. The number of benzene rings is 2. The normalized spacial score (nSPS) is 10.8. The minimum absolute atomic E-state index is 0.299. The second-order valence-electron chi connectivity index (χ2n) is 8.36. The molecule has 0 fully saturated rings. The number of likely N-dealkylation sites (N-methyl/N-ethyl adjacent to an activating group) is 1. The van der Waals surface area contributed by atoms with Gasteiger partial charge in [-0.15, -0.1) is 0 Å². The zero-order valence-electron chi connectivity index (χ0n) is 21.2. The summed E-state index contributed by atoms with van der Waals surface area (Å²) in [6.07, 6.45) is 2.67. The Labute approximate surface area is 216 Å². The molecular formula is C28H30N6O3. The van der Waals surface area contributed by atoms with Crippen LogP contribution in [0.4, 0.5) is 21.9 Å². The summed E-state index contributed by atoms with van der Waals surface area (Å²) in [5.74, 6) is 1.45. The van der Waals surface area contributed by atoms with Crippen LogP contribution in [0.1, 0.15) is 25.0 Å². The number of carbonyl (C=O) groups excluding carboxylic acids is 1. The predicted molar refractivity (Wildman–Crippen MR) is 144 cm³/mol. The van der Waals surface area contributed by atoms with Crippen LogP contribution in [0.2, 0.25) is 0 Å². The molecule has 0 aliphatic heterocycles. The molecule has 0 spiro atoms. The predicted octanol–water partition coefficient (Wildman–Crippen LogP) is 5.94. The number of carbonyl (C=O) groups is 1. The van der Waals surface area contributed by atoms with Gasteiger partial charge in [-0.2, -0.15) is 10.4 Å². The third-order valence-corrected chi connectivity index (χ3v) is 6.05. The Morgan fingerprint density at radius 3 is 2.46 bits per heavy atom. The van der Waals surface area contributed by atoms with Gasteiger partial charge in [0.1, 0.15) is 24.2 Å². The number of nitriles is 1. The molecule has 4 rings (SSSR count). The molecule has 2 heterocycles. The van der Waals surface area contributed by atoms with Crippen LogP contribution in [-0.4, -0.2) is 46.8 Å². The number of nitrogens with one attached hydrogen (secondary N) is 2. The number of fused-ring (bicyclic) bond motifs is 1. The van der Waals surface area contributed by atoms with Crippen LogP contribution in [-0.2, 0) is 4.74 Å². The molecule has 4 aromatic rings. The highest BCUT2D eigenvalue weighted by Gasteiger charge is 2.18. The zero-order valence-corrected chi connectivity index (χ0v) is 21.2. The Kier molecular flexibility index (Phi) is 8.23. The molecule has 2 N–H and O–H groups in total. The lowest BCUT2D eigenvalue weighted by molar-refractivity contribution is 0.142. The number of nitrogens with zero attached hydrogens (tertiary/aromatic N) is 4. The molecule has 0 saturated carbocycles. The highest BCUT2D eigenvalue weighted by atomic mass is 16.5. The Morgan fingerprint density at radius 2 is 1.78 bits per heavy atom. The molecule has 190 valence electrons. The van der Waals surface area contributed by atoms with E-state index >= 15 is 0 Å². The summed E-state index contributed by atoms with van der Waals surface area (Å²) in [5.41, 5.74) is 3.75. The summed E-state index contributed by atoms with van der Waals surface area (Å²) >= 11 is 0. The van der Waals surface area contributed by atoms with Gasteiger partial charge in [0.2, 0.25) is 0 Å². The van der Waals surface area contributed by atoms with E-state index in [9.17, 15) is 10.1 Å². The van der Waals surface area contributed by atoms with E-state index in [1.54, 1.807) is 10.7 Å². The van der Waals surface area contributed by atoms with Crippen molar-refractivity contribution in [1.29, 1.82) is 5.26 Å². The van der Waals surface area contributed by atoms with Crippen LogP contribution < -0.4 is 15.4 Å². The topological polar surface area (TPSA) is 104 Å². The number of hydrogen-bond donors (Lipinski definition) is 2. The van der Waals surface area contributed by atoms with Crippen molar-refractivity contribution >= 4 is 28.7 Å². The lowest BCUT2D eigenvalue weighted by Crippen LogP contribution is -2.28. The van der Waals surface area contributed by atoms with Gasteiger partial charge in [0.05, 0.1) is 34.8 Å². The van der Waals surface area contributed by atoms with Gasteiger partial charge >= 0.3 is 6.09 Å². The van der Waals surface area contributed by atoms with Crippen molar-refractivity contribution in [1.82, 2.24) is 14.5 Å². The van der Waals surface area contributed by atoms with Crippen molar-refractivity contribution in [2.24, 2.45) is 0 Å². The maximum atomic E-state index is 12.4. The van der Waals surface area contributed by atoms with Crippen LogP contribution in [0.15, 0.2) is 67.0 Å². The molecule has 2 aromatic carbocycles. The van der Waals surface area contributed by atoms with E-state index in [1.807, 2.05) is 61.5 Å². The van der Waals surface area contributed by atoms with Gasteiger partial charge in [0, 0.05) is 17.8 Å². The van der Waals surface area contributed by atoms with Gasteiger partial charge in [-0.25, -0.2) is 9.31 Å². The van der Waals surface area contributed by atoms with E-state index in [2.05, 4.69) is 40.5 Å². The molecule has 9 heteroatoms. The summed E-state index contributed by atoms with van der Waals surface area (Å²) in [6.45, 7) is 8.78. The van der Waals surface area contributed by atoms with E-state index in [0.29, 0.717) is 41.4 Å². The van der Waals surface area contributed by atoms with Crippen LogP contribution in [0, 0.1) is 18.3 Å². The largest absolute Gasteiger partial charge is 0.457 e. The molecule has 0 aliphatic carbocycles. The first-order chi connectivity index (χ1) is 18.0. The van der Waals surface area contributed by atoms with Crippen LogP contribution >= 0.6 is 0 Å². The molecular weight excluding hydrogens is 468 g/mol. The molecule has 0 radical (unpaired) electrons. The number of ether oxygens (including phenoxy) is 2. The standard InChI is InChI=1S/C28H30N6O3/c1-4-33(5-2)15-16-36-28(35)32-25-19-34-27(20(25)3)26(21(17-29)18-30-34)31-22-11-13-24(14-12-22)37-23-9-7-6-8-10-23/h6-14,18-19,31H,4-5,15-16H2,1-3H3,(H,32,35). The molecule has 0 saturated heterocycles. The molecule has 37 heavy (non-hydrogen) atoms. The van der Waals surface area contributed by atoms with E-state index in [0.717, 1.165) is 30.1 Å². The van der Waals surface area contributed by atoms with Gasteiger partial charge in [-0.05, 0) is 56.4 Å². The van der Waals surface area contributed by atoms with Gasteiger partial charge in [-0.3, -0.25) is 5.32 Å². The molecule has 2 aromatic heterocycles. The van der Waals surface area contributed by atoms with Gasteiger partial charge < -0.3 is 19.7 Å². The molecule has 0 bridgehead atoms. The number of anilines is 3. The van der Waals surface area contributed by atoms with Crippen LogP contribution in [0.3, 0.4) is 0 Å². The number of para-hydroxylation sites is 1. The zero-order chi connectivity index (χ0) is 26.2. The van der Waals surface area contributed by atoms with Gasteiger partial charge in [0.25, 0.3) is 0 Å². The summed E-state index contributed by atoms with van der Waals surface area (Å²) in [5, 5.41) is 20.2. The maximum absolute atomic E-state index is 12.4. The number of hydrogen-bond acceptors (Lipinski definition) is 7. The monoisotopic (exact) mass is 498 g/mol. The first kappa shape index (κ1) is 25.5. The second-order valence-corrected chi connectivity index (χ2v) is 8.36. The maximum Gasteiger partial charge on any atom is 0.411 e. The van der Waals surface area contributed by atoms with Gasteiger partial charge in [0.15, 0.2) is 0 Å². The fourth-order valence-electron chi connectivity index (χ4n) is 3.95. The Hall–Kier alpha value is -4.55. The summed E-state index contributed by atoms with van der Waals surface area (Å²) < 4.78 is 12.9. The second kappa shape index (κ2) is 11.9. The molecule has 0 aliphatic rings. The number of aryl methyl sites for hydroxylation is 1. The third kappa shape index (κ3) is 6.18. The Morgan fingerprint density at radius 1 is 1.08 bits per heavy atom. The van der Waals surface area contributed by atoms with Crippen molar-refractivity contribution in [2.45, 2.75) is 20.8 Å². The van der Waals surface area contributed by atoms with Crippen LogP contribution in [0.5, 0.6) is 11.5 Å². The van der Waals surface area contributed by atoms with Gasteiger partial charge in [-0.1, -0.05) is 32.0 Å². The van der Waals surface area contributed by atoms with E-state index in [1.165, 1.54) is 6.20 Å². The first-order valence-corrected chi connectivity index (χ1v) is 12.2. The van der Waals surface area contributed by atoms with E-state index < -0.39 is 6.09 Å². The fraction of sp³-hybridized carbons (Fsp3) is 0.250. The number of aromatic nitrogens is 2. The molecule has 9 nitrogen and oxygen atoms in total. The number of amides is 1. The average molecular weight is 499 g/mol. The lowest BCUT2D eigenvalue weighted by Gasteiger charge is -2.17. The lowest BCUT2D eigenvalue weighted by atomic mass is 10.1. The van der Waals surface area contributed by atoms with Crippen molar-refractivity contribution in [2.75, 3.05) is 36.9 Å². The molecule has 0 unspecified atom stereocenters. The molecule has 1 amide bonds. The third-order valence-electron chi connectivity index (χ3n) is 6.05. The summed E-state index contributed by atoms with van der Waals surface area (Å²) in [4.78, 5) is 14.6. The van der Waals surface area contributed by atoms with Crippen LogP contribution in [0.25, 0.3) is 5.52 Å². The number of rotatable bonds is 10. The fourth-order valence-corrected chi connectivity index (χ4v) is 3.95. The quantitative estimate of drug-likeness (QED) is 0.279.